The molecular weight excluding hydrogens is 236 g/mol. The van der Waals surface area contributed by atoms with Crippen molar-refractivity contribution in [2.75, 3.05) is 26.3 Å². The molecule has 2 aliphatic heterocycles. The monoisotopic (exact) mass is 262 g/mol. The summed E-state index contributed by atoms with van der Waals surface area (Å²) < 4.78 is 5.43. The Bertz CT molecular complexity index is 208. The first-order valence-electron chi connectivity index (χ1n) is 6.85. The van der Waals surface area contributed by atoms with Crippen LogP contribution >= 0.6 is 12.4 Å². The van der Waals surface area contributed by atoms with Crippen LogP contribution in [0.2, 0.25) is 0 Å². The molecule has 102 valence electrons. The highest BCUT2D eigenvalue weighted by atomic mass is 35.5. The van der Waals surface area contributed by atoms with Crippen molar-refractivity contribution in [2.45, 2.75) is 51.1 Å². The summed E-state index contributed by atoms with van der Waals surface area (Å²) in [6.45, 7) is 6.58. The number of hydrogen-bond acceptors (Lipinski definition) is 3. The first kappa shape index (κ1) is 15.2. The van der Waals surface area contributed by atoms with Gasteiger partial charge in [0.05, 0.1) is 0 Å². The van der Waals surface area contributed by atoms with Crippen LogP contribution in [0.25, 0.3) is 0 Å². The highest BCUT2D eigenvalue weighted by Gasteiger charge is 2.26. The van der Waals surface area contributed by atoms with E-state index in [0.717, 1.165) is 19.1 Å². The second-order valence-electron chi connectivity index (χ2n) is 5.48. The molecule has 0 amide bonds. The van der Waals surface area contributed by atoms with E-state index in [1.807, 2.05) is 0 Å². The fourth-order valence-electron chi connectivity index (χ4n) is 3.05. The van der Waals surface area contributed by atoms with Gasteiger partial charge in [-0.2, -0.15) is 0 Å². The smallest absolute Gasteiger partial charge is 0.0495 e. The lowest BCUT2D eigenvalue weighted by Crippen LogP contribution is -2.49. The van der Waals surface area contributed by atoms with Crippen LogP contribution in [0.4, 0.5) is 0 Å². The topological polar surface area (TPSA) is 38.5 Å². The van der Waals surface area contributed by atoms with Crippen molar-refractivity contribution in [1.82, 2.24) is 4.90 Å². The maximum absolute atomic E-state index is 6.07. The van der Waals surface area contributed by atoms with Gasteiger partial charge in [0.2, 0.25) is 0 Å². The lowest BCUT2D eigenvalue weighted by molar-refractivity contribution is 0.118. The molecule has 0 aliphatic carbocycles. The Kier molecular flexibility index (Phi) is 6.78. The van der Waals surface area contributed by atoms with Gasteiger partial charge in [-0.15, -0.1) is 12.4 Å². The number of hydrogen-bond donors (Lipinski definition) is 1. The molecule has 0 radical (unpaired) electrons. The second kappa shape index (κ2) is 7.57. The van der Waals surface area contributed by atoms with Gasteiger partial charge in [-0.3, -0.25) is 4.90 Å². The number of nitrogens with two attached hydrogens (primary N) is 1. The molecule has 17 heavy (non-hydrogen) atoms. The van der Waals surface area contributed by atoms with E-state index in [4.69, 9.17) is 10.5 Å². The molecule has 0 aromatic heterocycles. The first-order chi connectivity index (χ1) is 7.77. The molecule has 4 heteroatoms. The SMILES string of the molecule is CC(N)C1CCCCN1CCC1CCOC1.Cl. The zero-order chi connectivity index (χ0) is 11.4. The van der Waals surface area contributed by atoms with Crippen LogP contribution < -0.4 is 5.73 Å². The predicted octanol–water partition coefficient (Wildman–Crippen LogP) is 2.04. The number of ether oxygens (including phenoxy) is 1. The highest BCUT2D eigenvalue weighted by Crippen LogP contribution is 2.22. The average Bonchev–Trinajstić information content (AvgIpc) is 2.79. The summed E-state index contributed by atoms with van der Waals surface area (Å²) >= 11 is 0. The van der Waals surface area contributed by atoms with E-state index >= 15 is 0 Å². The number of nitrogens with zero attached hydrogens (tertiary/aromatic N) is 1. The zero-order valence-corrected chi connectivity index (χ0v) is 11.8. The first-order valence-corrected chi connectivity index (χ1v) is 6.85. The molecule has 2 aliphatic rings. The van der Waals surface area contributed by atoms with Crippen LogP contribution in [0, 0.1) is 5.92 Å². The van der Waals surface area contributed by atoms with Crippen molar-refractivity contribution in [2.24, 2.45) is 11.7 Å². The molecule has 0 bridgehead atoms. The number of likely N-dealkylation sites (tertiary alicyclic amines) is 1. The summed E-state index contributed by atoms with van der Waals surface area (Å²) in [5.74, 6) is 0.802. The van der Waals surface area contributed by atoms with Crippen LogP contribution in [0.1, 0.15) is 39.0 Å². The quantitative estimate of drug-likeness (QED) is 0.843. The Morgan fingerprint density at radius 3 is 2.82 bits per heavy atom. The molecule has 0 aromatic rings. The van der Waals surface area contributed by atoms with E-state index in [0.29, 0.717) is 12.1 Å². The summed E-state index contributed by atoms with van der Waals surface area (Å²) in [6.07, 6.45) is 6.55. The Balaban J connectivity index is 0.00000144. The van der Waals surface area contributed by atoms with E-state index < -0.39 is 0 Å². The van der Waals surface area contributed by atoms with Crippen LogP contribution in [0.15, 0.2) is 0 Å². The molecule has 2 rings (SSSR count). The van der Waals surface area contributed by atoms with Crippen molar-refractivity contribution in [1.29, 1.82) is 0 Å². The largest absolute Gasteiger partial charge is 0.381 e. The summed E-state index contributed by atoms with van der Waals surface area (Å²) in [7, 11) is 0. The minimum atomic E-state index is 0. The van der Waals surface area contributed by atoms with E-state index in [2.05, 4.69) is 11.8 Å². The minimum absolute atomic E-state index is 0. The van der Waals surface area contributed by atoms with Crippen molar-refractivity contribution in [3.8, 4) is 0 Å². The lowest BCUT2D eigenvalue weighted by atomic mass is 9.95. The van der Waals surface area contributed by atoms with E-state index in [9.17, 15) is 0 Å². The van der Waals surface area contributed by atoms with E-state index in [-0.39, 0.29) is 12.4 Å². The zero-order valence-electron chi connectivity index (χ0n) is 10.9. The van der Waals surface area contributed by atoms with Gasteiger partial charge in [0.15, 0.2) is 0 Å². The third-order valence-corrected chi connectivity index (χ3v) is 4.12. The molecule has 2 heterocycles. The molecule has 0 aromatic carbocycles. The van der Waals surface area contributed by atoms with Gasteiger partial charge in [0.1, 0.15) is 0 Å². The van der Waals surface area contributed by atoms with Crippen LogP contribution in [-0.4, -0.2) is 43.3 Å². The van der Waals surface area contributed by atoms with E-state index in [1.54, 1.807) is 0 Å². The average molecular weight is 263 g/mol. The van der Waals surface area contributed by atoms with Crippen molar-refractivity contribution in [3.63, 3.8) is 0 Å². The third-order valence-electron chi connectivity index (χ3n) is 4.12. The Morgan fingerprint density at radius 1 is 1.35 bits per heavy atom. The standard InChI is InChI=1S/C13H26N2O.ClH/c1-11(14)13-4-2-3-7-15(13)8-5-12-6-9-16-10-12;/h11-13H,2-10,14H2,1H3;1H. The number of piperidine rings is 1. The van der Waals surface area contributed by atoms with Crippen molar-refractivity contribution in [3.05, 3.63) is 0 Å². The highest BCUT2D eigenvalue weighted by molar-refractivity contribution is 5.85. The van der Waals surface area contributed by atoms with Gasteiger partial charge < -0.3 is 10.5 Å². The third kappa shape index (κ3) is 4.40. The molecule has 2 fully saturated rings. The normalized spacial score (nSPS) is 32.1. The molecule has 3 atom stereocenters. The van der Waals surface area contributed by atoms with Crippen LogP contribution in [0.5, 0.6) is 0 Å². The summed E-state index contributed by atoms with van der Waals surface area (Å²) in [6, 6.07) is 0.941. The minimum Gasteiger partial charge on any atom is -0.381 e. The lowest BCUT2D eigenvalue weighted by Gasteiger charge is -2.38. The Morgan fingerprint density at radius 2 is 2.18 bits per heavy atom. The molecule has 0 saturated carbocycles. The summed E-state index contributed by atoms with van der Waals surface area (Å²) in [5.41, 5.74) is 6.07. The maximum atomic E-state index is 6.07. The molecule has 3 nitrogen and oxygen atoms in total. The van der Waals surface area contributed by atoms with Gasteiger partial charge >= 0.3 is 0 Å². The van der Waals surface area contributed by atoms with Gasteiger partial charge in [-0.1, -0.05) is 6.42 Å². The second-order valence-corrected chi connectivity index (χ2v) is 5.48. The van der Waals surface area contributed by atoms with Gasteiger partial charge in [0.25, 0.3) is 0 Å². The Labute approximate surface area is 111 Å². The van der Waals surface area contributed by atoms with Crippen LogP contribution in [0.3, 0.4) is 0 Å². The van der Waals surface area contributed by atoms with Crippen LogP contribution in [-0.2, 0) is 4.74 Å². The summed E-state index contributed by atoms with van der Waals surface area (Å²) in [4.78, 5) is 2.62. The Hall–Kier alpha value is 0.170. The number of halogens is 1. The molecular formula is C13H27ClN2O. The van der Waals surface area contributed by atoms with Gasteiger partial charge in [-0.05, 0) is 51.6 Å². The maximum Gasteiger partial charge on any atom is 0.0495 e. The van der Waals surface area contributed by atoms with Gasteiger partial charge in [0, 0.05) is 25.3 Å². The molecule has 2 saturated heterocycles. The molecule has 2 N–H and O–H groups in total. The number of rotatable bonds is 4. The van der Waals surface area contributed by atoms with E-state index in [1.165, 1.54) is 45.2 Å². The predicted molar refractivity (Wildman–Crippen MR) is 73.7 cm³/mol. The van der Waals surface area contributed by atoms with Crippen molar-refractivity contribution >= 4 is 12.4 Å². The fraction of sp³-hybridized carbons (Fsp3) is 1.00. The summed E-state index contributed by atoms with van der Waals surface area (Å²) in [5, 5.41) is 0. The van der Waals surface area contributed by atoms with Crippen molar-refractivity contribution < 1.29 is 4.74 Å². The van der Waals surface area contributed by atoms with Gasteiger partial charge in [-0.25, -0.2) is 0 Å². The molecule has 3 unspecified atom stereocenters. The molecule has 0 spiro atoms. The fourth-order valence-corrected chi connectivity index (χ4v) is 3.05.